The van der Waals surface area contributed by atoms with Crippen LogP contribution in [0, 0.1) is 6.92 Å². The highest BCUT2D eigenvalue weighted by atomic mass is 16.2. The number of rotatable bonds is 4. The number of carbonyl (C=O) groups excluding carboxylic acids is 3. The summed E-state index contributed by atoms with van der Waals surface area (Å²) < 4.78 is 3.09. The van der Waals surface area contributed by atoms with Gasteiger partial charge in [-0.3, -0.25) is 23.9 Å². The van der Waals surface area contributed by atoms with Gasteiger partial charge in [0.15, 0.2) is 0 Å². The molecule has 1 heterocycles. The Kier molecular flexibility index (Phi) is 5.82. The molecule has 0 aliphatic rings. The van der Waals surface area contributed by atoms with E-state index < -0.39 is 17.7 Å². The number of benzene rings is 2. The maximum Gasteiger partial charge on any atom is 0.313 e. The van der Waals surface area contributed by atoms with Gasteiger partial charge in [-0.05, 0) is 31.2 Å². The molecule has 3 amide bonds. The van der Waals surface area contributed by atoms with E-state index in [1.54, 1.807) is 42.9 Å². The molecule has 0 fully saturated rings. The number of nitrogens with zero attached hydrogens (tertiary/aromatic N) is 2. The number of hydrogen-bond acceptors (Lipinski definition) is 4. The lowest BCUT2D eigenvalue weighted by atomic mass is 10.1. The molecule has 0 radical (unpaired) electrons. The van der Waals surface area contributed by atoms with E-state index in [1.165, 1.54) is 23.9 Å². The molecule has 0 saturated carbocycles. The Bertz CT molecular complexity index is 1180. The first-order valence-electron chi connectivity index (χ1n) is 9.12. The molecule has 1 aromatic heterocycles. The fourth-order valence-electron chi connectivity index (χ4n) is 2.98. The second-order valence-electron chi connectivity index (χ2n) is 6.47. The van der Waals surface area contributed by atoms with Gasteiger partial charge in [-0.2, -0.15) is 0 Å². The minimum Gasteiger partial charge on any atom is -0.351 e. The highest BCUT2D eigenvalue weighted by Gasteiger charge is 2.21. The van der Waals surface area contributed by atoms with Gasteiger partial charge >= 0.3 is 11.8 Å². The molecular weight excluding hydrogens is 386 g/mol. The summed E-state index contributed by atoms with van der Waals surface area (Å²) in [6.45, 7) is 1.72. The lowest BCUT2D eigenvalue weighted by Gasteiger charge is -2.10. The van der Waals surface area contributed by atoms with E-state index in [1.807, 2.05) is 18.2 Å². The van der Waals surface area contributed by atoms with Gasteiger partial charge in [-0.1, -0.05) is 30.3 Å². The van der Waals surface area contributed by atoms with Gasteiger partial charge < -0.3 is 16.0 Å². The number of aromatic nitrogens is 2. The first kappa shape index (κ1) is 20.6. The molecule has 3 aromatic rings. The summed E-state index contributed by atoms with van der Waals surface area (Å²) in [5, 5.41) is 7.25. The van der Waals surface area contributed by atoms with E-state index in [-0.39, 0.29) is 22.5 Å². The number of likely N-dealkylation sites (N-methyl/N-ethyl adjacent to an activating group) is 1. The topological polar surface area (TPSA) is 114 Å². The Morgan fingerprint density at radius 3 is 2.17 bits per heavy atom. The zero-order chi connectivity index (χ0) is 21.8. The maximum atomic E-state index is 13.0. The summed E-state index contributed by atoms with van der Waals surface area (Å²) in [5.41, 5.74) is 1.22. The van der Waals surface area contributed by atoms with Gasteiger partial charge in [0.2, 0.25) is 0 Å². The molecule has 9 heteroatoms. The average Bonchev–Trinajstić information content (AvgIpc) is 2.97. The first-order valence-corrected chi connectivity index (χ1v) is 9.12. The second-order valence-corrected chi connectivity index (χ2v) is 6.47. The predicted octanol–water partition coefficient (Wildman–Crippen LogP) is 1.42. The lowest BCUT2D eigenvalue weighted by molar-refractivity contribution is -0.135. The van der Waals surface area contributed by atoms with Crippen LogP contribution in [0.25, 0.3) is 5.69 Å². The van der Waals surface area contributed by atoms with Gasteiger partial charge in [-0.25, -0.2) is 4.68 Å². The van der Waals surface area contributed by atoms with Gasteiger partial charge in [0, 0.05) is 14.1 Å². The second kappa shape index (κ2) is 8.48. The van der Waals surface area contributed by atoms with E-state index in [4.69, 9.17) is 0 Å². The molecule has 0 spiro atoms. The summed E-state index contributed by atoms with van der Waals surface area (Å²) in [6.07, 6.45) is 0. The molecule has 3 rings (SSSR count). The van der Waals surface area contributed by atoms with E-state index in [0.717, 1.165) is 0 Å². The van der Waals surface area contributed by atoms with Crippen LogP contribution in [-0.2, 0) is 16.6 Å². The van der Waals surface area contributed by atoms with E-state index in [0.29, 0.717) is 11.4 Å². The SMILES string of the molecule is CNC(=O)C(=O)Nc1ccccc1C(=O)Nc1c(C)n(C)n(-c2ccccc2)c1=O. The van der Waals surface area contributed by atoms with Gasteiger partial charge in [0.05, 0.1) is 22.6 Å². The highest BCUT2D eigenvalue weighted by Crippen LogP contribution is 2.19. The Hall–Kier alpha value is -4.14. The van der Waals surface area contributed by atoms with Crippen molar-refractivity contribution in [2.24, 2.45) is 7.05 Å². The third-order valence-corrected chi connectivity index (χ3v) is 4.65. The fourth-order valence-corrected chi connectivity index (χ4v) is 2.98. The van der Waals surface area contributed by atoms with Crippen molar-refractivity contribution in [3.05, 3.63) is 76.2 Å². The summed E-state index contributed by atoms with van der Waals surface area (Å²) in [4.78, 5) is 49.2. The molecule has 154 valence electrons. The van der Waals surface area contributed by atoms with E-state index >= 15 is 0 Å². The largest absolute Gasteiger partial charge is 0.351 e. The molecule has 30 heavy (non-hydrogen) atoms. The van der Waals surface area contributed by atoms with Crippen LogP contribution >= 0.6 is 0 Å². The molecule has 3 N–H and O–H groups in total. The van der Waals surface area contributed by atoms with Crippen LogP contribution in [0.4, 0.5) is 11.4 Å². The molecule has 0 aliphatic heterocycles. The van der Waals surface area contributed by atoms with Crippen LogP contribution < -0.4 is 21.5 Å². The lowest BCUT2D eigenvalue weighted by Crippen LogP contribution is -2.33. The monoisotopic (exact) mass is 407 g/mol. The molecule has 2 aromatic carbocycles. The maximum absolute atomic E-state index is 13.0. The predicted molar refractivity (Wildman–Crippen MR) is 113 cm³/mol. The molecule has 0 atom stereocenters. The molecule has 0 saturated heterocycles. The van der Waals surface area contributed by atoms with Crippen molar-refractivity contribution >= 4 is 29.1 Å². The van der Waals surface area contributed by atoms with Gasteiger partial charge in [0.25, 0.3) is 11.5 Å². The van der Waals surface area contributed by atoms with Crippen molar-refractivity contribution in [3.8, 4) is 5.69 Å². The molecular formula is C21H21N5O4. The van der Waals surface area contributed by atoms with E-state index in [2.05, 4.69) is 16.0 Å². The van der Waals surface area contributed by atoms with Crippen molar-refractivity contribution in [1.29, 1.82) is 0 Å². The molecule has 0 unspecified atom stereocenters. The number of hydrogen-bond donors (Lipinski definition) is 3. The van der Waals surface area contributed by atoms with Crippen molar-refractivity contribution in [2.45, 2.75) is 6.92 Å². The van der Waals surface area contributed by atoms with Gasteiger partial charge in [-0.15, -0.1) is 0 Å². The van der Waals surface area contributed by atoms with Crippen molar-refractivity contribution in [1.82, 2.24) is 14.7 Å². The molecule has 0 bridgehead atoms. The number of nitrogens with one attached hydrogen (secondary N) is 3. The smallest absolute Gasteiger partial charge is 0.313 e. The summed E-state index contributed by atoms with van der Waals surface area (Å²) >= 11 is 0. The number of carbonyl (C=O) groups is 3. The fraction of sp³-hybridized carbons (Fsp3) is 0.143. The van der Waals surface area contributed by atoms with Gasteiger partial charge in [0.1, 0.15) is 5.69 Å². The van der Waals surface area contributed by atoms with Crippen LogP contribution in [0.2, 0.25) is 0 Å². The van der Waals surface area contributed by atoms with Crippen molar-refractivity contribution in [2.75, 3.05) is 17.7 Å². The minimum atomic E-state index is -0.903. The first-order chi connectivity index (χ1) is 14.3. The Morgan fingerprint density at radius 2 is 1.50 bits per heavy atom. The van der Waals surface area contributed by atoms with Crippen LogP contribution in [0.5, 0.6) is 0 Å². The van der Waals surface area contributed by atoms with E-state index in [9.17, 15) is 19.2 Å². The summed E-state index contributed by atoms with van der Waals surface area (Å²) in [5.74, 6) is -2.33. The number of para-hydroxylation sites is 2. The Labute approximate surface area is 172 Å². The van der Waals surface area contributed by atoms with Crippen LogP contribution in [0.15, 0.2) is 59.4 Å². The summed E-state index contributed by atoms with van der Waals surface area (Å²) in [6, 6.07) is 15.3. The number of anilines is 2. The Morgan fingerprint density at radius 1 is 0.867 bits per heavy atom. The third kappa shape index (κ3) is 3.86. The summed E-state index contributed by atoms with van der Waals surface area (Å²) in [7, 11) is 3.05. The molecule has 9 nitrogen and oxygen atoms in total. The Balaban J connectivity index is 1.94. The van der Waals surface area contributed by atoms with Crippen LogP contribution in [-0.4, -0.2) is 34.1 Å². The zero-order valence-corrected chi connectivity index (χ0v) is 16.7. The normalized spacial score (nSPS) is 10.4. The third-order valence-electron chi connectivity index (χ3n) is 4.65. The quantitative estimate of drug-likeness (QED) is 0.568. The van der Waals surface area contributed by atoms with Crippen molar-refractivity contribution < 1.29 is 14.4 Å². The average molecular weight is 407 g/mol. The van der Waals surface area contributed by atoms with Crippen LogP contribution in [0.3, 0.4) is 0 Å². The molecule has 0 aliphatic carbocycles. The van der Waals surface area contributed by atoms with Crippen LogP contribution in [0.1, 0.15) is 16.1 Å². The standard InChI is InChI=1S/C21H21N5O4/c1-13-17(21(30)26(25(13)3)14-9-5-4-6-10-14)24-18(27)15-11-7-8-12-16(15)23-20(29)19(28)22-2/h4-12H,1-3H3,(H,22,28)(H,23,29)(H,24,27). The zero-order valence-electron chi connectivity index (χ0n) is 16.7. The van der Waals surface area contributed by atoms with Crippen molar-refractivity contribution in [3.63, 3.8) is 0 Å². The number of amides is 3. The highest BCUT2D eigenvalue weighted by molar-refractivity contribution is 6.40. The minimum absolute atomic E-state index is 0.115.